The summed E-state index contributed by atoms with van der Waals surface area (Å²) in [5.41, 5.74) is 2.57. The number of hydrogen-bond donors (Lipinski definition) is 1. The molecule has 3 aromatic rings. The van der Waals surface area contributed by atoms with Crippen molar-refractivity contribution in [2.45, 2.75) is 24.9 Å². The van der Waals surface area contributed by atoms with E-state index in [0.29, 0.717) is 17.9 Å². The van der Waals surface area contributed by atoms with Crippen molar-refractivity contribution in [3.63, 3.8) is 0 Å². The molecule has 160 valence electrons. The monoisotopic (exact) mass is 436 g/mol. The molecule has 0 aliphatic carbocycles. The van der Waals surface area contributed by atoms with E-state index >= 15 is 0 Å². The van der Waals surface area contributed by atoms with Gasteiger partial charge in [0.1, 0.15) is 16.9 Å². The molecule has 31 heavy (non-hydrogen) atoms. The molecule has 0 radical (unpaired) electrons. The van der Waals surface area contributed by atoms with Crippen molar-refractivity contribution < 1.29 is 18.7 Å². The molecule has 0 spiro atoms. The number of ether oxygens (including phenoxy) is 1. The normalized spacial score (nSPS) is 16.9. The minimum absolute atomic E-state index is 0.0848. The molecule has 7 heteroatoms. The Morgan fingerprint density at radius 3 is 2.58 bits per heavy atom. The average molecular weight is 437 g/mol. The summed E-state index contributed by atoms with van der Waals surface area (Å²) in [6, 6.07) is 18.6. The van der Waals surface area contributed by atoms with Gasteiger partial charge >= 0.3 is 0 Å². The molecular formula is C24H24N2O4S. The fourth-order valence-electron chi connectivity index (χ4n) is 3.53. The van der Waals surface area contributed by atoms with E-state index in [1.54, 1.807) is 37.3 Å². The molecule has 2 atom stereocenters. The van der Waals surface area contributed by atoms with Crippen LogP contribution in [-0.2, 0) is 11.3 Å². The van der Waals surface area contributed by atoms with Crippen LogP contribution in [0.15, 0.2) is 71.3 Å². The number of methoxy groups -OCH3 is 1. The summed E-state index contributed by atoms with van der Waals surface area (Å²) >= 11 is 1.58. The van der Waals surface area contributed by atoms with Gasteiger partial charge in [-0.1, -0.05) is 24.3 Å². The average Bonchev–Trinajstić information content (AvgIpc) is 3.44. The predicted octanol–water partition coefficient (Wildman–Crippen LogP) is 4.55. The maximum Gasteiger partial charge on any atom is 0.251 e. The number of benzene rings is 2. The number of amides is 2. The molecular weight excluding hydrogens is 412 g/mol. The predicted molar refractivity (Wildman–Crippen MR) is 120 cm³/mol. The van der Waals surface area contributed by atoms with Gasteiger partial charge < -0.3 is 19.4 Å². The summed E-state index contributed by atoms with van der Waals surface area (Å²) in [6.45, 7) is 2.38. The fraction of sp³-hybridized carbons (Fsp3) is 0.250. The van der Waals surface area contributed by atoms with Gasteiger partial charge in [0.2, 0.25) is 5.91 Å². The lowest BCUT2D eigenvalue weighted by atomic mass is 10.1. The maximum absolute atomic E-state index is 12.7. The van der Waals surface area contributed by atoms with Gasteiger partial charge in [0, 0.05) is 5.56 Å². The highest BCUT2D eigenvalue weighted by molar-refractivity contribution is 8.00. The van der Waals surface area contributed by atoms with Gasteiger partial charge in [-0.05, 0) is 54.4 Å². The first-order chi connectivity index (χ1) is 15.0. The third kappa shape index (κ3) is 4.77. The van der Waals surface area contributed by atoms with Gasteiger partial charge in [0.25, 0.3) is 5.91 Å². The molecule has 0 unspecified atom stereocenters. The van der Waals surface area contributed by atoms with Gasteiger partial charge in [-0.3, -0.25) is 9.59 Å². The second kappa shape index (κ2) is 9.31. The van der Waals surface area contributed by atoms with Gasteiger partial charge in [0.05, 0.1) is 31.7 Å². The standard InChI is InChI=1S/C24H24N2O4S/c1-16(17-9-11-20(29-2)12-10-17)25-23(28)18-5-7-19(8-6-18)24-26(22(27)15-31-24)14-21-4-3-13-30-21/h3-13,16,24H,14-15H2,1-2H3,(H,25,28)/t16-,24+/m0/s1. The van der Waals surface area contributed by atoms with E-state index in [1.165, 1.54) is 0 Å². The SMILES string of the molecule is COc1ccc([C@H](C)NC(=O)c2ccc([C@H]3SCC(=O)N3Cc3ccco3)cc2)cc1. The molecule has 1 aliphatic rings. The van der Waals surface area contributed by atoms with Crippen LogP contribution in [0.25, 0.3) is 0 Å². The lowest BCUT2D eigenvalue weighted by Crippen LogP contribution is -2.28. The highest BCUT2D eigenvalue weighted by atomic mass is 32.2. The van der Waals surface area contributed by atoms with Crippen molar-refractivity contribution in [1.29, 1.82) is 0 Å². The first-order valence-electron chi connectivity index (χ1n) is 10.0. The van der Waals surface area contributed by atoms with E-state index in [-0.39, 0.29) is 23.2 Å². The Hall–Kier alpha value is -3.19. The molecule has 2 aromatic carbocycles. The summed E-state index contributed by atoms with van der Waals surface area (Å²) in [5, 5.41) is 2.93. The Labute approximate surface area is 185 Å². The van der Waals surface area contributed by atoms with Crippen LogP contribution in [0.1, 0.15) is 45.6 Å². The van der Waals surface area contributed by atoms with Crippen molar-refractivity contribution in [2.24, 2.45) is 0 Å². The molecule has 1 fully saturated rings. The first kappa shape index (κ1) is 21.1. The topological polar surface area (TPSA) is 71.8 Å². The largest absolute Gasteiger partial charge is 0.497 e. The number of carbonyl (C=O) groups is 2. The zero-order chi connectivity index (χ0) is 21.8. The zero-order valence-corrected chi connectivity index (χ0v) is 18.2. The number of rotatable bonds is 7. The van der Waals surface area contributed by atoms with Crippen molar-refractivity contribution in [1.82, 2.24) is 10.2 Å². The highest BCUT2D eigenvalue weighted by Crippen LogP contribution is 2.39. The van der Waals surface area contributed by atoms with Crippen molar-refractivity contribution in [3.8, 4) is 5.75 Å². The molecule has 1 aliphatic heterocycles. The Bertz CT molecular complexity index is 1030. The number of carbonyl (C=O) groups excluding carboxylic acids is 2. The molecule has 2 heterocycles. The summed E-state index contributed by atoms with van der Waals surface area (Å²) in [5.74, 6) is 1.91. The minimum atomic E-state index is -0.141. The number of hydrogen-bond acceptors (Lipinski definition) is 5. The number of nitrogens with one attached hydrogen (secondary N) is 1. The smallest absolute Gasteiger partial charge is 0.251 e. The number of furan rings is 1. The molecule has 4 rings (SSSR count). The van der Waals surface area contributed by atoms with Gasteiger partial charge in [-0.15, -0.1) is 11.8 Å². The van der Waals surface area contributed by atoms with Crippen LogP contribution in [0.5, 0.6) is 5.75 Å². The van der Waals surface area contributed by atoms with E-state index < -0.39 is 0 Å². The van der Waals surface area contributed by atoms with E-state index in [1.807, 2.05) is 60.4 Å². The third-order valence-corrected chi connectivity index (χ3v) is 6.55. The van der Waals surface area contributed by atoms with Gasteiger partial charge in [0.15, 0.2) is 0 Å². The second-order valence-electron chi connectivity index (χ2n) is 7.35. The summed E-state index contributed by atoms with van der Waals surface area (Å²) in [6.07, 6.45) is 1.61. The Balaban J connectivity index is 1.42. The summed E-state index contributed by atoms with van der Waals surface area (Å²) in [7, 11) is 1.63. The van der Waals surface area contributed by atoms with E-state index in [9.17, 15) is 9.59 Å². The quantitative estimate of drug-likeness (QED) is 0.588. The highest BCUT2D eigenvalue weighted by Gasteiger charge is 2.33. The van der Waals surface area contributed by atoms with Crippen LogP contribution < -0.4 is 10.1 Å². The van der Waals surface area contributed by atoms with E-state index in [2.05, 4.69) is 5.32 Å². The zero-order valence-electron chi connectivity index (χ0n) is 17.4. The maximum atomic E-state index is 12.7. The Morgan fingerprint density at radius 2 is 1.94 bits per heavy atom. The molecule has 0 bridgehead atoms. The molecule has 1 saturated heterocycles. The molecule has 2 amide bonds. The van der Waals surface area contributed by atoms with Crippen molar-refractivity contribution in [3.05, 3.63) is 89.4 Å². The lowest BCUT2D eigenvalue weighted by molar-refractivity contribution is -0.128. The van der Waals surface area contributed by atoms with E-state index in [0.717, 1.165) is 22.6 Å². The van der Waals surface area contributed by atoms with E-state index in [4.69, 9.17) is 9.15 Å². The molecule has 1 N–H and O–H groups in total. The van der Waals surface area contributed by atoms with Crippen LogP contribution in [0.2, 0.25) is 0 Å². The van der Waals surface area contributed by atoms with Crippen molar-refractivity contribution in [2.75, 3.05) is 12.9 Å². The summed E-state index contributed by atoms with van der Waals surface area (Å²) < 4.78 is 10.6. The third-order valence-electron chi connectivity index (χ3n) is 5.30. The first-order valence-corrected chi connectivity index (χ1v) is 11.1. The molecule has 0 saturated carbocycles. The van der Waals surface area contributed by atoms with Gasteiger partial charge in [-0.25, -0.2) is 0 Å². The van der Waals surface area contributed by atoms with Crippen LogP contribution in [0.4, 0.5) is 0 Å². The van der Waals surface area contributed by atoms with Gasteiger partial charge in [-0.2, -0.15) is 0 Å². The van der Waals surface area contributed by atoms with Crippen LogP contribution >= 0.6 is 11.8 Å². The van der Waals surface area contributed by atoms with Crippen LogP contribution in [-0.4, -0.2) is 29.6 Å². The molecule has 1 aromatic heterocycles. The van der Waals surface area contributed by atoms with Crippen LogP contribution in [0.3, 0.4) is 0 Å². The Kier molecular flexibility index (Phi) is 6.32. The Morgan fingerprint density at radius 1 is 1.19 bits per heavy atom. The van der Waals surface area contributed by atoms with Crippen molar-refractivity contribution >= 4 is 23.6 Å². The molecule has 6 nitrogen and oxygen atoms in total. The number of nitrogens with zero attached hydrogens (tertiary/aromatic N) is 1. The number of thioether (sulfide) groups is 1. The second-order valence-corrected chi connectivity index (χ2v) is 8.42. The fourth-order valence-corrected chi connectivity index (χ4v) is 4.71. The van der Waals surface area contributed by atoms with Crippen LogP contribution in [0, 0.1) is 0 Å². The lowest BCUT2D eigenvalue weighted by Gasteiger charge is -2.23. The minimum Gasteiger partial charge on any atom is -0.497 e. The summed E-state index contributed by atoms with van der Waals surface area (Å²) in [4.78, 5) is 26.9.